The zero-order chi connectivity index (χ0) is 26.2. The second-order valence-electron chi connectivity index (χ2n) is 8.18. The van der Waals surface area contributed by atoms with Crippen molar-refractivity contribution in [3.05, 3.63) is 41.6 Å². The third-order valence-electron chi connectivity index (χ3n) is 6.05. The van der Waals surface area contributed by atoms with E-state index in [4.69, 9.17) is 28.7 Å². The molecule has 0 radical (unpaired) electrons. The molecule has 1 aromatic heterocycles. The average molecular weight is 497 g/mol. The van der Waals surface area contributed by atoms with Gasteiger partial charge in [0.2, 0.25) is 0 Å². The van der Waals surface area contributed by atoms with Crippen LogP contribution < -0.4 is 24.3 Å². The minimum atomic E-state index is -0.432. The molecule has 0 aliphatic rings. The molecule has 8 nitrogen and oxygen atoms in total. The lowest BCUT2D eigenvalue weighted by Crippen LogP contribution is -2.26. The first-order valence-electron chi connectivity index (χ1n) is 12.2. The minimum Gasteiger partial charge on any atom is -0.493 e. The van der Waals surface area contributed by atoms with E-state index in [9.17, 15) is 4.79 Å². The molecule has 0 aliphatic heterocycles. The van der Waals surface area contributed by atoms with Gasteiger partial charge in [0.1, 0.15) is 0 Å². The first-order chi connectivity index (χ1) is 17.5. The average Bonchev–Trinajstić information content (AvgIpc) is 2.91. The fourth-order valence-electron chi connectivity index (χ4n) is 4.32. The molecule has 8 heteroatoms. The van der Waals surface area contributed by atoms with Gasteiger partial charge in [-0.15, -0.1) is 0 Å². The number of hydrogen-bond donors (Lipinski definition) is 1. The Hall–Kier alpha value is -3.52. The van der Waals surface area contributed by atoms with E-state index in [0.717, 1.165) is 30.3 Å². The Labute approximate surface area is 212 Å². The van der Waals surface area contributed by atoms with Gasteiger partial charge >= 0.3 is 5.97 Å². The first kappa shape index (κ1) is 27.1. The molecule has 0 saturated carbocycles. The number of benzene rings is 2. The monoisotopic (exact) mass is 496 g/mol. The van der Waals surface area contributed by atoms with E-state index < -0.39 is 5.97 Å². The van der Waals surface area contributed by atoms with Crippen LogP contribution in [-0.4, -0.2) is 52.5 Å². The van der Waals surface area contributed by atoms with E-state index in [0.29, 0.717) is 45.3 Å². The van der Waals surface area contributed by atoms with Gasteiger partial charge < -0.3 is 29.0 Å². The van der Waals surface area contributed by atoms with Crippen LogP contribution in [0, 0.1) is 0 Å². The lowest BCUT2D eigenvalue weighted by Gasteiger charge is -2.23. The lowest BCUT2D eigenvalue weighted by molar-refractivity contribution is 0.0524. The number of nitrogens with one attached hydrogen (secondary N) is 1. The number of carbonyl (C=O) groups excluding carboxylic acids is 1. The number of nitrogens with zero attached hydrogens (tertiary/aromatic N) is 1. The zero-order valence-corrected chi connectivity index (χ0v) is 22.2. The summed E-state index contributed by atoms with van der Waals surface area (Å²) >= 11 is 0. The van der Waals surface area contributed by atoms with E-state index in [1.54, 1.807) is 35.4 Å². The van der Waals surface area contributed by atoms with Gasteiger partial charge in [-0.05, 0) is 50.1 Å². The molecule has 0 amide bonds. The molecule has 194 valence electrons. The number of ether oxygens (including phenoxy) is 5. The van der Waals surface area contributed by atoms with Crippen molar-refractivity contribution in [1.82, 2.24) is 10.3 Å². The normalized spacial score (nSPS) is 11.8. The molecule has 0 saturated heterocycles. The Bertz CT molecular complexity index is 1210. The van der Waals surface area contributed by atoms with Crippen molar-refractivity contribution in [3.63, 3.8) is 0 Å². The van der Waals surface area contributed by atoms with Crippen LogP contribution in [-0.2, 0) is 4.74 Å². The number of esters is 1. The predicted octanol–water partition coefficient (Wildman–Crippen LogP) is 5.56. The third kappa shape index (κ3) is 5.33. The van der Waals surface area contributed by atoms with Crippen molar-refractivity contribution in [2.75, 3.05) is 41.6 Å². The Morgan fingerprint density at radius 3 is 2.11 bits per heavy atom. The number of carbonyl (C=O) groups is 1. The van der Waals surface area contributed by atoms with Gasteiger partial charge in [-0.25, -0.2) is 4.79 Å². The number of aromatic nitrogens is 1. The summed E-state index contributed by atoms with van der Waals surface area (Å²) in [7, 11) is 6.34. The largest absolute Gasteiger partial charge is 0.493 e. The van der Waals surface area contributed by atoms with E-state index in [2.05, 4.69) is 19.2 Å². The van der Waals surface area contributed by atoms with Crippen LogP contribution in [0.25, 0.3) is 22.0 Å². The van der Waals surface area contributed by atoms with Gasteiger partial charge in [0.05, 0.1) is 57.9 Å². The SMILES string of the molecule is CCCNC(CC)c1nc2cc(OC)c(OC)cc2c(-c2ccc(OC)c(OC)c2)c1C(=O)OCC. The molecule has 36 heavy (non-hydrogen) atoms. The maximum atomic E-state index is 13.6. The number of rotatable bonds is 12. The van der Waals surface area contributed by atoms with Crippen LogP contribution in [0.1, 0.15) is 55.7 Å². The molecule has 0 fully saturated rings. The minimum absolute atomic E-state index is 0.152. The predicted molar refractivity (Wildman–Crippen MR) is 141 cm³/mol. The second kappa shape index (κ2) is 12.4. The second-order valence-corrected chi connectivity index (χ2v) is 8.18. The van der Waals surface area contributed by atoms with Gasteiger partial charge in [-0.3, -0.25) is 4.98 Å². The fraction of sp³-hybridized carbons (Fsp3) is 0.429. The molecule has 3 rings (SSSR count). The molecular weight excluding hydrogens is 460 g/mol. The van der Waals surface area contributed by atoms with E-state index >= 15 is 0 Å². The summed E-state index contributed by atoms with van der Waals surface area (Å²) in [6.07, 6.45) is 1.69. The van der Waals surface area contributed by atoms with Crippen molar-refractivity contribution in [2.24, 2.45) is 0 Å². The Morgan fingerprint density at radius 2 is 1.53 bits per heavy atom. The molecule has 1 atom stereocenters. The van der Waals surface area contributed by atoms with Crippen molar-refractivity contribution >= 4 is 16.9 Å². The smallest absolute Gasteiger partial charge is 0.340 e. The topological polar surface area (TPSA) is 88.1 Å². The number of methoxy groups -OCH3 is 4. The summed E-state index contributed by atoms with van der Waals surface area (Å²) in [5.74, 6) is 1.80. The molecule has 1 N–H and O–H groups in total. The third-order valence-corrected chi connectivity index (χ3v) is 6.05. The summed E-state index contributed by atoms with van der Waals surface area (Å²) in [5.41, 5.74) is 3.18. The number of pyridine rings is 1. The molecule has 2 aromatic carbocycles. The van der Waals surface area contributed by atoms with Crippen LogP contribution in [0.5, 0.6) is 23.0 Å². The van der Waals surface area contributed by atoms with Gasteiger partial charge in [0.15, 0.2) is 23.0 Å². The van der Waals surface area contributed by atoms with Crippen LogP contribution in [0.15, 0.2) is 30.3 Å². The summed E-state index contributed by atoms with van der Waals surface area (Å²) in [6, 6.07) is 9.11. The van der Waals surface area contributed by atoms with Gasteiger partial charge in [-0.1, -0.05) is 19.9 Å². The lowest BCUT2D eigenvalue weighted by atomic mass is 9.91. The summed E-state index contributed by atoms with van der Waals surface area (Å²) in [4.78, 5) is 18.5. The highest BCUT2D eigenvalue weighted by molar-refractivity contribution is 6.09. The van der Waals surface area contributed by atoms with Crippen LogP contribution in [0.3, 0.4) is 0 Å². The summed E-state index contributed by atoms with van der Waals surface area (Å²) in [5, 5.41) is 4.27. The highest BCUT2D eigenvalue weighted by atomic mass is 16.5. The highest BCUT2D eigenvalue weighted by Gasteiger charge is 2.28. The molecule has 1 unspecified atom stereocenters. The van der Waals surface area contributed by atoms with Gasteiger partial charge in [0, 0.05) is 17.0 Å². The Morgan fingerprint density at radius 1 is 0.889 bits per heavy atom. The summed E-state index contributed by atoms with van der Waals surface area (Å²) in [6.45, 7) is 7.00. The molecule has 1 heterocycles. The molecule has 0 spiro atoms. The molecule has 3 aromatic rings. The fourth-order valence-corrected chi connectivity index (χ4v) is 4.32. The van der Waals surface area contributed by atoms with Crippen molar-refractivity contribution in [2.45, 2.75) is 39.7 Å². The zero-order valence-electron chi connectivity index (χ0n) is 22.2. The van der Waals surface area contributed by atoms with Gasteiger partial charge in [-0.2, -0.15) is 0 Å². The van der Waals surface area contributed by atoms with Crippen molar-refractivity contribution < 1.29 is 28.5 Å². The van der Waals surface area contributed by atoms with E-state index in [1.165, 1.54) is 0 Å². The van der Waals surface area contributed by atoms with Crippen LogP contribution >= 0.6 is 0 Å². The first-order valence-corrected chi connectivity index (χ1v) is 12.2. The van der Waals surface area contributed by atoms with Crippen LogP contribution in [0.4, 0.5) is 0 Å². The quantitative estimate of drug-likeness (QED) is 0.326. The molecule has 0 bridgehead atoms. The maximum Gasteiger partial charge on any atom is 0.340 e. The van der Waals surface area contributed by atoms with Crippen molar-refractivity contribution in [3.8, 4) is 34.1 Å². The molecule has 0 aliphatic carbocycles. The Kier molecular flexibility index (Phi) is 9.36. The van der Waals surface area contributed by atoms with Crippen molar-refractivity contribution in [1.29, 1.82) is 0 Å². The summed E-state index contributed by atoms with van der Waals surface area (Å²) < 4.78 is 27.7. The molecular formula is C28H36N2O6. The highest BCUT2D eigenvalue weighted by Crippen LogP contribution is 2.43. The van der Waals surface area contributed by atoms with E-state index in [1.807, 2.05) is 30.3 Å². The van der Waals surface area contributed by atoms with E-state index in [-0.39, 0.29) is 12.6 Å². The maximum absolute atomic E-state index is 13.6. The van der Waals surface area contributed by atoms with Gasteiger partial charge in [0.25, 0.3) is 0 Å². The Balaban J connectivity index is 2.50. The van der Waals surface area contributed by atoms with Crippen LogP contribution in [0.2, 0.25) is 0 Å². The standard InChI is InChI=1S/C28H36N2O6/c1-8-13-29-19(9-2)27-26(28(31)36-10-3)25(17-11-12-21(32-4)22(14-17)33-5)18-15-23(34-6)24(35-7)16-20(18)30-27/h11-12,14-16,19,29H,8-10,13H2,1-7H3. The number of fused-ring (bicyclic) bond motifs is 1. The number of hydrogen-bond acceptors (Lipinski definition) is 8.